The van der Waals surface area contributed by atoms with Crippen molar-refractivity contribution in [1.29, 1.82) is 5.26 Å². The molecule has 0 heterocycles. The Hall–Kier alpha value is -1.59. The Morgan fingerprint density at radius 2 is 1.72 bits per heavy atom. The topological polar surface area (TPSA) is 23.8 Å². The molecule has 2 rings (SSSR count). The van der Waals surface area contributed by atoms with Gasteiger partial charge in [0.25, 0.3) is 0 Å². The number of nitriles is 1. The largest absolute Gasteiger partial charge is 0.192 e. The normalized spacial score (nSPS) is 10.2. The first-order chi connectivity index (χ1) is 8.56. The van der Waals surface area contributed by atoms with E-state index < -0.39 is 0 Å². The lowest BCUT2D eigenvalue weighted by molar-refractivity contribution is 1.27. The highest BCUT2D eigenvalue weighted by Crippen LogP contribution is 2.34. The maximum Gasteiger partial charge on any atom is 0.0998 e. The molecule has 0 amide bonds. The predicted octanol–water partition coefficient (Wildman–Crippen LogP) is 4.91. The van der Waals surface area contributed by atoms with Gasteiger partial charge < -0.3 is 0 Å². The first-order valence-electron chi connectivity index (χ1n) is 5.82. The first-order valence-corrected chi connectivity index (χ1v) is 6.61. The maximum atomic E-state index is 9.23. The Balaban J connectivity index is 2.81. The number of hydrogen-bond donors (Lipinski definition) is 0. The van der Waals surface area contributed by atoms with Crippen molar-refractivity contribution in [2.24, 2.45) is 0 Å². The maximum absolute atomic E-state index is 9.23. The van der Waals surface area contributed by atoms with Gasteiger partial charge in [0.1, 0.15) is 0 Å². The predicted molar refractivity (Wildman–Crippen MR) is 78.5 cm³/mol. The fourth-order valence-electron chi connectivity index (χ4n) is 2.25. The lowest BCUT2D eigenvalue weighted by Crippen LogP contribution is -1.95. The molecule has 0 atom stereocenters. The molecule has 0 N–H and O–H groups in total. The third-order valence-electron chi connectivity index (χ3n) is 3.35. The van der Waals surface area contributed by atoms with Gasteiger partial charge in [0.15, 0.2) is 0 Å². The van der Waals surface area contributed by atoms with Crippen LogP contribution in [0.4, 0.5) is 0 Å². The van der Waals surface area contributed by atoms with E-state index in [2.05, 4.69) is 48.8 Å². The molecule has 0 fully saturated rings. The fourth-order valence-corrected chi connectivity index (χ4v) is 2.89. The van der Waals surface area contributed by atoms with Gasteiger partial charge in [-0.2, -0.15) is 5.26 Å². The van der Waals surface area contributed by atoms with Crippen molar-refractivity contribution in [3.63, 3.8) is 0 Å². The molecule has 0 aromatic heterocycles. The summed E-state index contributed by atoms with van der Waals surface area (Å²) in [4.78, 5) is 0. The van der Waals surface area contributed by atoms with Gasteiger partial charge in [-0.05, 0) is 60.7 Å². The van der Waals surface area contributed by atoms with E-state index in [1.807, 2.05) is 24.3 Å². The van der Waals surface area contributed by atoms with Crippen molar-refractivity contribution in [2.45, 2.75) is 20.8 Å². The van der Waals surface area contributed by atoms with Gasteiger partial charge >= 0.3 is 0 Å². The average molecular weight is 300 g/mol. The third kappa shape index (κ3) is 2.07. The van der Waals surface area contributed by atoms with E-state index in [9.17, 15) is 5.26 Å². The number of rotatable bonds is 1. The molecule has 0 radical (unpaired) electrons. The standard InChI is InChI=1S/C16H14BrN/c1-10-8-15(17)11(2)12(3)16(10)14-7-5-4-6-13(14)9-18/h4-8H,1-3H3. The Labute approximate surface area is 116 Å². The van der Waals surface area contributed by atoms with E-state index >= 15 is 0 Å². The second kappa shape index (κ2) is 4.96. The van der Waals surface area contributed by atoms with Crippen molar-refractivity contribution < 1.29 is 0 Å². The van der Waals surface area contributed by atoms with E-state index in [-0.39, 0.29) is 0 Å². The first kappa shape index (κ1) is 12.9. The van der Waals surface area contributed by atoms with Crippen LogP contribution in [0.2, 0.25) is 0 Å². The zero-order chi connectivity index (χ0) is 13.3. The highest BCUT2D eigenvalue weighted by Gasteiger charge is 2.13. The summed E-state index contributed by atoms with van der Waals surface area (Å²) < 4.78 is 1.12. The number of nitrogens with zero attached hydrogens (tertiary/aromatic N) is 1. The zero-order valence-electron chi connectivity index (χ0n) is 10.7. The molecular formula is C16H14BrN. The minimum Gasteiger partial charge on any atom is -0.192 e. The molecule has 0 unspecified atom stereocenters. The number of hydrogen-bond acceptors (Lipinski definition) is 1. The van der Waals surface area contributed by atoms with E-state index in [0.717, 1.165) is 15.6 Å². The molecule has 2 aromatic carbocycles. The van der Waals surface area contributed by atoms with E-state index in [1.165, 1.54) is 22.3 Å². The molecular weight excluding hydrogens is 286 g/mol. The average Bonchev–Trinajstić information content (AvgIpc) is 2.37. The summed E-state index contributed by atoms with van der Waals surface area (Å²) in [6.45, 7) is 6.29. The molecule has 0 aliphatic carbocycles. The minimum atomic E-state index is 0.727. The summed E-state index contributed by atoms with van der Waals surface area (Å²) in [5.74, 6) is 0. The van der Waals surface area contributed by atoms with Crippen LogP contribution in [0.25, 0.3) is 11.1 Å². The summed E-state index contributed by atoms with van der Waals surface area (Å²) in [5, 5.41) is 9.23. The molecule has 0 saturated heterocycles. The Bertz CT molecular complexity index is 651. The molecule has 0 saturated carbocycles. The number of aryl methyl sites for hydroxylation is 1. The third-order valence-corrected chi connectivity index (χ3v) is 4.17. The highest BCUT2D eigenvalue weighted by molar-refractivity contribution is 9.10. The lowest BCUT2D eigenvalue weighted by atomic mass is 9.90. The monoisotopic (exact) mass is 299 g/mol. The van der Waals surface area contributed by atoms with Gasteiger partial charge in [-0.15, -0.1) is 0 Å². The van der Waals surface area contributed by atoms with Crippen LogP contribution < -0.4 is 0 Å². The molecule has 0 spiro atoms. The van der Waals surface area contributed by atoms with Gasteiger partial charge in [0, 0.05) is 4.47 Å². The van der Waals surface area contributed by atoms with Gasteiger partial charge in [-0.1, -0.05) is 34.1 Å². The Morgan fingerprint density at radius 1 is 1.06 bits per heavy atom. The molecule has 2 heteroatoms. The minimum absolute atomic E-state index is 0.727. The lowest BCUT2D eigenvalue weighted by Gasteiger charge is -2.15. The quantitative estimate of drug-likeness (QED) is 0.734. The van der Waals surface area contributed by atoms with Gasteiger partial charge in [0.05, 0.1) is 11.6 Å². The Kier molecular flexibility index (Phi) is 3.54. The highest BCUT2D eigenvalue weighted by atomic mass is 79.9. The number of benzene rings is 2. The van der Waals surface area contributed by atoms with Crippen LogP contribution in [0.5, 0.6) is 0 Å². The summed E-state index contributed by atoms with van der Waals surface area (Å²) >= 11 is 3.57. The van der Waals surface area contributed by atoms with Crippen molar-refractivity contribution in [3.8, 4) is 17.2 Å². The van der Waals surface area contributed by atoms with Crippen molar-refractivity contribution in [3.05, 3.63) is 57.1 Å². The van der Waals surface area contributed by atoms with Crippen LogP contribution in [0, 0.1) is 32.1 Å². The van der Waals surface area contributed by atoms with Crippen LogP contribution in [0.15, 0.2) is 34.8 Å². The van der Waals surface area contributed by atoms with Crippen LogP contribution in [0.1, 0.15) is 22.3 Å². The van der Waals surface area contributed by atoms with Crippen LogP contribution >= 0.6 is 15.9 Å². The molecule has 2 aromatic rings. The van der Waals surface area contributed by atoms with E-state index in [4.69, 9.17) is 0 Å². The van der Waals surface area contributed by atoms with Crippen LogP contribution in [0.3, 0.4) is 0 Å². The smallest absolute Gasteiger partial charge is 0.0998 e. The SMILES string of the molecule is Cc1cc(Br)c(C)c(C)c1-c1ccccc1C#N. The summed E-state index contributed by atoms with van der Waals surface area (Å²) in [6, 6.07) is 12.1. The molecule has 90 valence electrons. The van der Waals surface area contributed by atoms with Crippen molar-refractivity contribution in [2.75, 3.05) is 0 Å². The zero-order valence-corrected chi connectivity index (χ0v) is 12.3. The van der Waals surface area contributed by atoms with Crippen molar-refractivity contribution in [1.82, 2.24) is 0 Å². The van der Waals surface area contributed by atoms with Crippen molar-refractivity contribution >= 4 is 15.9 Å². The molecule has 0 aliphatic heterocycles. The van der Waals surface area contributed by atoms with E-state index in [1.54, 1.807) is 0 Å². The summed E-state index contributed by atoms with van der Waals surface area (Å²) in [6.07, 6.45) is 0. The van der Waals surface area contributed by atoms with Crippen LogP contribution in [-0.4, -0.2) is 0 Å². The summed E-state index contributed by atoms with van der Waals surface area (Å²) in [7, 11) is 0. The molecule has 0 bridgehead atoms. The van der Waals surface area contributed by atoms with Gasteiger partial charge in [0.2, 0.25) is 0 Å². The number of halogens is 1. The van der Waals surface area contributed by atoms with Gasteiger partial charge in [-0.3, -0.25) is 0 Å². The Morgan fingerprint density at radius 3 is 2.39 bits per heavy atom. The molecule has 1 nitrogen and oxygen atoms in total. The second-order valence-electron chi connectivity index (χ2n) is 4.46. The van der Waals surface area contributed by atoms with E-state index in [0.29, 0.717) is 0 Å². The van der Waals surface area contributed by atoms with Crippen LogP contribution in [-0.2, 0) is 0 Å². The summed E-state index contributed by atoms with van der Waals surface area (Å²) in [5.41, 5.74) is 6.56. The van der Waals surface area contributed by atoms with Gasteiger partial charge in [-0.25, -0.2) is 0 Å². The molecule has 0 aliphatic rings. The second-order valence-corrected chi connectivity index (χ2v) is 5.31. The fraction of sp³-hybridized carbons (Fsp3) is 0.188. The molecule has 18 heavy (non-hydrogen) atoms.